The maximum absolute atomic E-state index is 11.0. The summed E-state index contributed by atoms with van der Waals surface area (Å²) in [7, 11) is 0. The second kappa shape index (κ2) is 4.99. The first kappa shape index (κ1) is 13.8. The Bertz CT molecular complexity index is 195. The molecule has 0 spiro atoms. The Morgan fingerprint density at radius 1 is 1.73 bits per heavy atom. The number of halogens is 1. The first-order valence-corrected chi connectivity index (χ1v) is 2.96. The summed E-state index contributed by atoms with van der Waals surface area (Å²) in [6, 6.07) is 1.98. The van der Waals surface area contributed by atoms with Crippen LogP contribution in [-0.4, -0.2) is 28.7 Å². The molecule has 0 saturated heterocycles. The predicted molar refractivity (Wildman–Crippen MR) is 37.1 cm³/mol. The van der Waals surface area contributed by atoms with Crippen LogP contribution in [0, 0.1) is 11.3 Å². The molecule has 0 unspecified atom stereocenters. The topological polar surface area (TPSA) is 46.8 Å². The average molecular weight is 182 g/mol. The van der Waals surface area contributed by atoms with Crippen LogP contribution in [0.5, 0.6) is 0 Å². The van der Waals surface area contributed by atoms with Crippen molar-refractivity contribution in [3.63, 3.8) is 0 Å². The van der Waals surface area contributed by atoms with Gasteiger partial charge in [0.1, 0.15) is 0 Å². The van der Waals surface area contributed by atoms with Crippen LogP contribution in [0.2, 0.25) is 0 Å². The Hall–Kier alpha value is 0.246. The van der Waals surface area contributed by atoms with Gasteiger partial charge in [-0.05, 0) is 6.42 Å². The van der Waals surface area contributed by atoms with Crippen LogP contribution < -0.4 is 17.5 Å². The van der Waals surface area contributed by atoms with Crippen molar-refractivity contribution in [1.82, 2.24) is 0 Å². The Balaban J connectivity index is 0. The summed E-state index contributed by atoms with van der Waals surface area (Å²) in [5.41, 5.74) is -0.321. The van der Waals surface area contributed by atoms with Gasteiger partial charge in [-0.15, -0.1) is 0 Å². The smallest absolute Gasteiger partial charge is 1.00 e. The van der Waals surface area contributed by atoms with Crippen molar-refractivity contribution in [3.8, 4) is 6.07 Å². The van der Waals surface area contributed by atoms with Gasteiger partial charge >= 0.3 is 23.1 Å². The van der Waals surface area contributed by atoms with E-state index in [-0.39, 0.29) is 35.5 Å². The second-order valence-corrected chi connectivity index (χ2v) is 2.59. The van der Waals surface area contributed by atoms with Crippen molar-refractivity contribution >= 4 is 23.1 Å². The van der Waals surface area contributed by atoms with E-state index < -0.39 is 5.60 Å². The van der Waals surface area contributed by atoms with Gasteiger partial charge < -0.3 is 17.5 Å². The first-order valence-electron chi connectivity index (χ1n) is 2.96. The zero-order chi connectivity index (χ0) is 6.91. The van der Waals surface area contributed by atoms with Gasteiger partial charge in [-0.2, -0.15) is 5.26 Å². The Labute approximate surface area is 88.8 Å². The van der Waals surface area contributed by atoms with E-state index in [1.54, 1.807) is 6.92 Å². The summed E-state index contributed by atoms with van der Waals surface area (Å²) in [6.07, 6.45) is 2.76. The van der Waals surface area contributed by atoms with E-state index in [4.69, 9.17) is 5.26 Å². The van der Waals surface area contributed by atoms with Crippen LogP contribution in [0.15, 0.2) is 11.6 Å². The van der Waals surface area contributed by atoms with Gasteiger partial charge in [-0.3, -0.25) is 0 Å². The minimum absolute atomic E-state index is 0. The molecule has 0 N–H and O–H groups in total. The third-order valence-corrected chi connectivity index (χ3v) is 1.51. The second-order valence-electron chi connectivity index (χ2n) is 2.59. The van der Waals surface area contributed by atoms with Crippen LogP contribution in [0.4, 0.5) is 0 Å². The molecular formula is C7H8ClMgNO. The molecule has 4 heteroatoms. The Morgan fingerprint density at radius 3 is 2.45 bits per heavy atom. The quantitative estimate of drug-likeness (QED) is 0.374. The molecule has 56 valence electrons. The number of hydrogen-bond acceptors (Lipinski definition) is 2. The maximum atomic E-state index is 11.0. The van der Waals surface area contributed by atoms with Crippen molar-refractivity contribution < 1.29 is 17.5 Å². The van der Waals surface area contributed by atoms with E-state index in [0.29, 0.717) is 18.4 Å². The van der Waals surface area contributed by atoms with Crippen molar-refractivity contribution in [2.45, 2.75) is 25.4 Å². The number of hydrogen-bond donors (Lipinski definition) is 0. The van der Waals surface area contributed by atoms with Crippen LogP contribution in [0.1, 0.15) is 19.8 Å². The van der Waals surface area contributed by atoms with Gasteiger partial charge in [0.25, 0.3) is 0 Å². The zero-order valence-electron chi connectivity index (χ0n) is 6.43. The number of rotatable bonds is 0. The molecule has 1 aliphatic rings. The number of allylic oxidation sites excluding steroid dienone is 1. The van der Waals surface area contributed by atoms with E-state index in [0.717, 1.165) is 0 Å². The summed E-state index contributed by atoms with van der Waals surface area (Å²) in [5.74, 6) is 0. The normalized spacial score (nSPS) is 27.5. The number of nitrogens with zero attached hydrogens (tertiary/aromatic N) is 1. The van der Waals surface area contributed by atoms with Crippen LogP contribution >= 0.6 is 0 Å². The van der Waals surface area contributed by atoms with E-state index in [1.807, 2.05) is 6.07 Å². The summed E-state index contributed by atoms with van der Waals surface area (Å²) in [6.45, 7) is 1.61. The fraction of sp³-hybridized carbons (Fsp3) is 0.571. The van der Waals surface area contributed by atoms with Crippen molar-refractivity contribution in [2.24, 2.45) is 0 Å². The van der Waals surface area contributed by atoms with Gasteiger partial charge in [0, 0.05) is 5.57 Å². The molecule has 11 heavy (non-hydrogen) atoms. The van der Waals surface area contributed by atoms with E-state index in [2.05, 4.69) is 0 Å². The average Bonchev–Trinajstić information content (AvgIpc) is 2.10. The molecule has 0 bridgehead atoms. The van der Waals surface area contributed by atoms with Gasteiger partial charge in [0.2, 0.25) is 0 Å². The molecule has 1 rings (SSSR count). The largest absolute Gasteiger partial charge is 2.00 e. The molecule has 2 nitrogen and oxygen atoms in total. The van der Waals surface area contributed by atoms with E-state index >= 15 is 0 Å². The third-order valence-electron chi connectivity index (χ3n) is 1.51. The van der Waals surface area contributed by atoms with Crippen molar-refractivity contribution in [2.75, 3.05) is 0 Å². The van der Waals surface area contributed by atoms with Gasteiger partial charge in [-0.1, -0.05) is 25.0 Å². The summed E-state index contributed by atoms with van der Waals surface area (Å²) >= 11 is 0. The molecule has 0 amide bonds. The molecule has 0 fully saturated rings. The summed E-state index contributed by atoms with van der Waals surface area (Å²) in [4.78, 5) is 0. The molecule has 0 heterocycles. The molecule has 0 aromatic carbocycles. The Morgan fingerprint density at radius 2 is 2.27 bits per heavy atom. The first-order chi connectivity index (χ1) is 4.14. The zero-order valence-corrected chi connectivity index (χ0v) is 8.60. The minimum Gasteiger partial charge on any atom is -1.00 e. The fourth-order valence-corrected chi connectivity index (χ4v) is 0.984. The summed E-state index contributed by atoms with van der Waals surface area (Å²) < 4.78 is 0. The summed E-state index contributed by atoms with van der Waals surface area (Å²) in [5, 5.41) is 19.4. The molecule has 0 radical (unpaired) electrons. The van der Waals surface area contributed by atoms with E-state index in [1.165, 1.54) is 6.08 Å². The van der Waals surface area contributed by atoms with E-state index in [9.17, 15) is 5.11 Å². The fourth-order valence-electron chi connectivity index (χ4n) is 0.984. The van der Waals surface area contributed by atoms with Gasteiger partial charge in [-0.25, -0.2) is 0 Å². The van der Waals surface area contributed by atoms with Gasteiger partial charge in [0.05, 0.1) is 6.07 Å². The SMILES string of the molecule is C[C@]1([O-])C=C(C#N)CC1.[Cl-].[Mg+2]. The molecule has 0 aliphatic heterocycles. The predicted octanol–water partition coefficient (Wildman–Crippen LogP) is -3.03. The van der Waals surface area contributed by atoms with Crippen LogP contribution in [0.3, 0.4) is 0 Å². The monoisotopic (exact) mass is 181 g/mol. The molecule has 1 atom stereocenters. The van der Waals surface area contributed by atoms with Crippen LogP contribution in [0.25, 0.3) is 0 Å². The molecule has 0 saturated carbocycles. The maximum Gasteiger partial charge on any atom is 2.00 e. The Kier molecular flexibility index (Phi) is 6.27. The van der Waals surface area contributed by atoms with Crippen molar-refractivity contribution in [1.29, 1.82) is 5.26 Å². The molecule has 0 aromatic rings. The standard InChI is InChI=1S/C7H8NO.ClH.Mg/c1-7(9)3-2-6(4-7)5-8;;/h4H,2-3H2,1H3;1H;/q-1;;+2/p-1/t7-;;/m1../s1. The molecular weight excluding hydrogens is 174 g/mol. The minimum atomic E-state index is -0.967. The molecule has 1 aliphatic carbocycles. The number of nitriles is 1. The van der Waals surface area contributed by atoms with Crippen LogP contribution in [-0.2, 0) is 0 Å². The third kappa shape index (κ3) is 3.97. The molecule has 0 aromatic heterocycles. The van der Waals surface area contributed by atoms with Crippen molar-refractivity contribution in [3.05, 3.63) is 11.6 Å². The van der Waals surface area contributed by atoms with Gasteiger partial charge in [0.15, 0.2) is 0 Å².